The molecule has 0 fully saturated rings. The first kappa shape index (κ1) is 16.8. The normalized spacial score (nSPS) is 13.0. The number of ether oxygens (including phenoxy) is 2. The summed E-state index contributed by atoms with van der Waals surface area (Å²) in [4.78, 5) is 24.7. The van der Waals surface area contributed by atoms with Gasteiger partial charge in [0, 0.05) is 5.56 Å². The molecule has 1 heterocycles. The minimum atomic E-state index is -0.776. The molecule has 0 atom stereocenters. The fraction of sp³-hybridized carbons (Fsp3) is 0.263. The second-order valence-electron chi connectivity index (χ2n) is 6.26. The van der Waals surface area contributed by atoms with Crippen molar-refractivity contribution >= 4 is 11.8 Å². The molecule has 0 radical (unpaired) electrons. The molecule has 2 amide bonds. The Bertz CT molecular complexity index is 787. The molecule has 6 heteroatoms. The third-order valence-electron chi connectivity index (χ3n) is 4.16. The highest BCUT2D eigenvalue weighted by Gasteiger charge is 2.30. The minimum absolute atomic E-state index is 0.301. The summed E-state index contributed by atoms with van der Waals surface area (Å²) in [6.45, 7) is 4.53. The summed E-state index contributed by atoms with van der Waals surface area (Å²) < 4.78 is 10.9. The van der Waals surface area contributed by atoms with Gasteiger partial charge >= 0.3 is 0 Å². The number of amides is 2. The molecule has 1 aliphatic rings. The van der Waals surface area contributed by atoms with Crippen LogP contribution in [0.5, 0.6) is 11.5 Å². The predicted octanol–water partition coefficient (Wildman–Crippen LogP) is 2.20. The molecule has 2 aromatic carbocycles. The van der Waals surface area contributed by atoms with Gasteiger partial charge in [-0.3, -0.25) is 20.4 Å². The highest BCUT2D eigenvalue weighted by Crippen LogP contribution is 2.30. The molecule has 2 N–H and O–H groups in total. The van der Waals surface area contributed by atoms with Crippen LogP contribution in [0.15, 0.2) is 48.5 Å². The van der Waals surface area contributed by atoms with Crippen molar-refractivity contribution in [1.82, 2.24) is 10.9 Å². The summed E-state index contributed by atoms with van der Waals surface area (Å²) in [7, 11) is 0. The summed E-state index contributed by atoms with van der Waals surface area (Å²) >= 11 is 0. The monoisotopic (exact) mass is 340 g/mol. The van der Waals surface area contributed by atoms with E-state index in [2.05, 4.69) is 10.9 Å². The van der Waals surface area contributed by atoms with Gasteiger partial charge in [0.15, 0.2) is 11.5 Å². The van der Waals surface area contributed by atoms with E-state index >= 15 is 0 Å². The molecule has 25 heavy (non-hydrogen) atoms. The minimum Gasteiger partial charge on any atom is -0.486 e. The number of hydrogen-bond acceptors (Lipinski definition) is 4. The quantitative estimate of drug-likeness (QED) is 0.840. The Morgan fingerprint density at radius 2 is 1.60 bits per heavy atom. The summed E-state index contributed by atoms with van der Waals surface area (Å²) in [5.41, 5.74) is 5.40. The molecule has 0 spiro atoms. The van der Waals surface area contributed by atoms with Crippen molar-refractivity contribution in [2.75, 3.05) is 13.2 Å². The van der Waals surface area contributed by atoms with Crippen LogP contribution in [-0.4, -0.2) is 25.0 Å². The Kier molecular flexibility index (Phi) is 4.61. The molecule has 1 aliphatic heterocycles. The van der Waals surface area contributed by atoms with Crippen LogP contribution in [-0.2, 0) is 10.2 Å². The Hall–Kier alpha value is -3.02. The molecule has 0 aromatic heterocycles. The van der Waals surface area contributed by atoms with E-state index in [1.54, 1.807) is 32.0 Å². The highest BCUT2D eigenvalue weighted by atomic mass is 16.6. The van der Waals surface area contributed by atoms with E-state index in [0.717, 1.165) is 5.56 Å². The largest absolute Gasteiger partial charge is 0.486 e. The fourth-order valence-corrected chi connectivity index (χ4v) is 2.51. The van der Waals surface area contributed by atoms with E-state index in [4.69, 9.17) is 9.47 Å². The molecule has 0 aliphatic carbocycles. The van der Waals surface area contributed by atoms with Crippen molar-refractivity contribution in [2.24, 2.45) is 0 Å². The van der Waals surface area contributed by atoms with Gasteiger partial charge in [-0.25, -0.2) is 0 Å². The topological polar surface area (TPSA) is 76.7 Å². The first-order chi connectivity index (χ1) is 12.0. The zero-order valence-electron chi connectivity index (χ0n) is 14.2. The number of hydrogen-bond donors (Lipinski definition) is 2. The van der Waals surface area contributed by atoms with Crippen molar-refractivity contribution in [1.29, 1.82) is 0 Å². The van der Waals surface area contributed by atoms with E-state index in [1.165, 1.54) is 0 Å². The Labute approximate surface area is 146 Å². The van der Waals surface area contributed by atoms with Crippen molar-refractivity contribution in [3.8, 4) is 11.5 Å². The van der Waals surface area contributed by atoms with Crippen molar-refractivity contribution < 1.29 is 19.1 Å². The Balaban J connectivity index is 1.65. The number of fused-ring (bicyclic) bond motifs is 1. The lowest BCUT2D eigenvalue weighted by Gasteiger charge is -2.24. The van der Waals surface area contributed by atoms with Crippen LogP contribution >= 0.6 is 0 Å². The molecule has 0 bridgehead atoms. The van der Waals surface area contributed by atoms with Crippen LogP contribution in [0.1, 0.15) is 29.8 Å². The van der Waals surface area contributed by atoms with Crippen LogP contribution in [0.4, 0.5) is 0 Å². The summed E-state index contributed by atoms with van der Waals surface area (Å²) in [6.07, 6.45) is 0. The third kappa shape index (κ3) is 3.57. The zero-order chi connectivity index (χ0) is 17.9. The molecular weight excluding hydrogens is 320 g/mol. The van der Waals surface area contributed by atoms with Gasteiger partial charge in [0.05, 0.1) is 5.41 Å². The van der Waals surface area contributed by atoms with E-state index in [1.807, 2.05) is 30.3 Å². The van der Waals surface area contributed by atoms with E-state index < -0.39 is 11.3 Å². The highest BCUT2D eigenvalue weighted by molar-refractivity contribution is 5.97. The van der Waals surface area contributed by atoms with Crippen LogP contribution in [0.3, 0.4) is 0 Å². The lowest BCUT2D eigenvalue weighted by molar-refractivity contribution is -0.126. The molecule has 3 rings (SSSR count). The smallest absolute Gasteiger partial charge is 0.269 e. The first-order valence-electron chi connectivity index (χ1n) is 8.04. The zero-order valence-corrected chi connectivity index (χ0v) is 14.2. The average Bonchev–Trinajstić information content (AvgIpc) is 2.66. The summed E-state index contributed by atoms with van der Waals surface area (Å²) in [5, 5.41) is 0. The number of carbonyl (C=O) groups is 2. The van der Waals surface area contributed by atoms with Gasteiger partial charge in [0.25, 0.3) is 5.91 Å². The van der Waals surface area contributed by atoms with E-state index in [9.17, 15) is 9.59 Å². The van der Waals surface area contributed by atoms with Gasteiger partial charge < -0.3 is 9.47 Å². The van der Waals surface area contributed by atoms with Crippen LogP contribution < -0.4 is 20.3 Å². The molecule has 6 nitrogen and oxygen atoms in total. The van der Waals surface area contributed by atoms with Gasteiger partial charge in [-0.15, -0.1) is 0 Å². The van der Waals surface area contributed by atoms with Crippen LogP contribution in [0, 0.1) is 0 Å². The standard InChI is InChI=1S/C19H20N2O4/c1-19(2,14-6-4-3-5-7-14)18(23)21-20-17(22)13-8-9-15-16(12-13)25-11-10-24-15/h3-9,12H,10-11H2,1-2H3,(H,20,22)(H,21,23). The van der Waals surface area contributed by atoms with Gasteiger partial charge in [0.2, 0.25) is 5.91 Å². The molecule has 0 saturated heterocycles. The van der Waals surface area contributed by atoms with Crippen molar-refractivity contribution in [2.45, 2.75) is 19.3 Å². The van der Waals surface area contributed by atoms with Crippen LogP contribution in [0.25, 0.3) is 0 Å². The Morgan fingerprint density at radius 3 is 2.32 bits per heavy atom. The van der Waals surface area contributed by atoms with Crippen molar-refractivity contribution in [3.05, 3.63) is 59.7 Å². The van der Waals surface area contributed by atoms with Gasteiger partial charge in [0.1, 0.15) is 13.2 Å². The van der Waals surface area contributed by atoms with Gasteiger partial charge in [-0.05, 0) is 37.6 Å². The SMILES string of the molecule is CC(C)(C(=O)NNC(=O)c1ccc2c(c1)OCCO2)c1ccccc1. The number of nitrogens with one attached hydrogen (secondary N) is 2. The number of hydrazine groups is 1. The summed E-state index contributed by atoms with van der Waals surface area (Å²) in [5.74, 6) is 0.408. The second kappa shape index (κ2) is 6.84. The molecule has 130 valence electrons. The average molecular weight is 340 g/mol. The number of rotatable bonds is 3. The van der Waals surface area contributed by atoms with Crippen LogP contribution in [0.2, 0.25) is 0 Å². The number of carbonyl (C=O) groups excluding carboxylic acids is 2. The lowest BCUT2D eigenvalue weighted by Crippen LogP contribution is -2.49. The maximum Gasteiger partial charge on any atom is 0.269 e. The molecular formula is C19H20N2O4. The Morgan fingerprint density at radius 1 is 0.920 bits per heavy atom. The fourth-order valence-electron chi connectivity index (χ4n) is 2.51. The molecule has 2 aromatic rings. The maximum absolute atomic E-state index is 12.5. The predicted molar refractivity (Wildman–Crippen MR) is 92.5 cm³/mol. The van der Waals surface area contributed by atoms with Gasteiger partial charge in [-0.2, -0.15) is 0 Å². The third-order valence-corrected chi connectivity index (χ3v) is 4.16. The van der Waals surface area contributed by atoms with E-state index in [-0.39, 0.29) is 5.91 Å². The molecule has 0 unspecified atom stereocenters. The van der Waals surface area contributed by atoms with Crippen molar-refractivity contribution in [3.63, 3.8) is 0 Å². The second-order valence-corrected chi connectivity index (χ2v) is 6.26. The lowest BCUT2D eigenvalue weighted by atomic mass is 9.84. The van der Waals surface area contributed by atoms with Gasteiger partial charge in [-0.1, -0.05) is 30.3 Å². The number of benzene rings is 2. The van der Waals surface area contributed by atoms with E-state index in [0.29, 0.717) is 30.3 Å². The molecule has 0 saturated carbocycles. The maximum atomic E-state index is 12.5. The first-order valence-corrected chi connectivity index (χ1v) is 8.04. The summed E-state index contributed by atoms with van der Waals surface area (Å²) in [6, 6.07) is 14.3.